The van der Waals surface area contributed by atoms with Crippen LogP contribution in [0.4, 0.5) is 0 Å². The lowest BCUT2D eigenvalue weighted by Gasteiger charge is -2.21. The number of fused-ring (bicyclic) bond motifs is 1. The Kier molecular flexibility index (Phi) is 4.07. The molecule has 0 bridgehead atoms. The molecule has 5 nitrogen and oxygen atoms in total. The van der Waals surface area contributed by atoms with E-state index in [-0.39, 0.29) is 0 Å². The third-order valence-corrected chi connectivity index (χ3v) is 5.41. The standard InChI is InChI=1S/C18H27N5/c1-13(2)22-10-7-14(11-22)17-21-16-6-4-9-20-18(16)23(17)12-15-5-3-8-19-15/h4,6,9,13-15,19H,3,5,7-8,10-12H2,1-2H3. The van der Waals surface area contributed by atoms with Gasteiger partial charge in [0.05, 0.1) is 0 Å². The van der Waals surface area contributed by atoms with E-state index in [2.05, 4.69) is 39.7 Å². The van der Waals surface area contributed by atoms with Crippen LogP contribution in [0, 0.1) is 0 Å². The third kappa shape index (κ3) is 2.88. The van der Waals surface area contributed by atoms with E-state index < -0.39 is 0 Å². The molecular formula is C18H27N5. The molecule has 2 aliphatic heterocycles. The topological polar surface area (TPSA) is 46.0 Å². The van der Waals surface area contributed by atoms with Crippen molar-refractivity contribution in [2.75, 3.05) is 19.6 Å². The van der Waals surface area contributed by atoms with Gasteiger partial charge in [-0.15, -0.1) is 0 Å². The summed E-state index contributed by atoms with van der Waals surface area (Å²) in [6, 6.07) is 5.27. The van der Waals surface area contributed by atoms with Crippen LogP contribution in [0.25, 0.3) is 11.2 Å². The fraction of sp³-hybridized carbons (Fsp3) is 0.667. The van der Waals surface area contributed by atoms with E-state index in [1.54, 1.807) is 0 Å². The Morgan fingerprint density at radius 2 is 2.26 bits per heavy atom. The zero-order valence-corrected chi connectivity index (χ0v) is 14.2. The predicted octanol–water partition coefficient (Wildman–Crippen LogP) is 2.38. The molecule has 23 heavy (non-hydrogen) atoms. The monoisotopic (exact) mass is 313 g/mol. The van der Waals surface area contributed by atoms with Crippen molar-refractivity contribution in [3.63, 3.8) is 0 Å². The van der Waals surface area contributed by atoms with Crippen LogP contribution in [0.5, 0.6) is 0 Å². The normalized spacial score (nSPS) is 25.9. The second-order valence-corrected chi connectivity index (χ2v) is 7.29. The van der Waals surface area contributed by atoms with Gasteiger partial charge in [0.1, 0.15) is 11.3 Å². The average Bonchev–Trinajstić information content (AvgIpc) is 3.27. The van der Waals surface area contributed by atoms with Gasteiger partial charge in [0.15, 0.2) is 5.65 Å². The van der Waals surface area contributed by atoms with Crippen LogP contribution >= 0.6 is 0 Å². The Hall–Kier alpha value is -1.46. The second kappa shape index (κ2) is 6.21. The molecule has 124 valence electrons. The zero-order chi connectivity index (χ0) is 15.8. The molecule has 1 N–H and O–H groups in total. The van der Waals surface area contributed by atoms with Crippen LogP contribution in [-0.4, -0.2) is 51.2 Å². The number of hydrogen-bond acceptors (Lipinski definition) is 4. The first-order valence-corrected chi connectivity index (χ1v) is 9.01. The Balaban J connectivity index is 1.67. The summed E-state index contributed by atoms with van der Waals surface area (Å²) in [5, 5.41) is 3.62. The smallest absolute Gasteiger partial charge is 0.160 e. The van der Waals surface area contributed by atoms with Gasteiger partial charge in [-0.2, -0.15) is 0 Å². The number of nitrogens with zero attached hydrogens (tertiary/aromatic N) is 4. The van der Waals surface area contributed by atoms with Gasteiger partial charge >= 0.3 is 0 Å². The van der Waals surface area contributed by atoms with Gasteiger partial charge in [0, 0.05) is 37.3 Å². The summed E-state index contributed by atoms with van der Waals surface area (Å²) in [5.41, 5.74) is 2.10. The van der Waals surface area contributed by atoms with Crippen LogP contribution in [-0.2, 0) is 6.54 Å². The molecule has 0 aliphatic carbocycles. The van der Waals surface area contributed by atoms with Crippen LogP contribution in [0.1, 0.15) is 44.9 Å². The molecule has 4 heterocycles. The highest BCUT2D eigenvalue weighted by atomic mass is 15.2. The van der Waals surface area contributed by atoms with Gasteiger partial charge in [0.25, 0.3) is 0 Å². The van der Waals surface area contributed by atoms with Crippen molar-refractivity contribution in [3.8, 4) is 0 Å². The van der Waals surface area contributed by atoms with E-state index in [0.717, 1.165) is 30.8 Å². The second-order valence-electron chi connectivity index (χ2n) is 7.29. The lowest BCUT2D eigenvalue weighted by Crippen LogP contribution is -2.30. The van der Waals surface area contributed by atoms with Crippen LogP contribution in [0.15, 0.2) is 18.3 Å². The first-order valence-electron chi connectivity index (χ1n) is 9.01. The van der Waals surface area contributed by atoms with E-state index in [1.807, 2.05) is 12.3 Å². The molecule has 2 aliphatic rings. The molecule has 0 radical (unpaired) electrons. The maximum atomic E-state index is 4.98. The van der Waals surface area contributed by atoms with E-state index in [9.17, 15) is 0 Å². The minimum atomic E-state index is 0.535. The van der Waals surface area contributed by atoms with E-state index in [0.29, 0.717) is 18.0 Å². The number of imidazole rings is 1. The van der Waals surface area contributed by atoms with Gasteiger partial charge in [-0.25, -0.2) is 9.97 Å². The highest BCUT2D eigenvalue weighted by molar-refractivity contribution is 5.71. The van der Waals surface area contributed by atoms with Gasteiger partial charge in [-0.05, 0) is 58.3 Å². The Labute approximate surface area is 138 Å². The number of pyridine rings is 1. The number of nitrogens with one attached hydrogen (secondary N) is 1. The van der Waals surface area contributed by atoms with Gasteiger partial charge < -0.3 is 14.8 Å². The van der Waals surface area contributed by atoms with Crippen molar-refractivity contribution >= 4 is 11.2 Å². The number of likely N-dealkylation sites (tertiary alicyclic amines) is 1. The van der Waals surface area contributed by atoms with Crippen molar-refractivity contribution in [2.45, 2.75) is 57.7 Å². The molecule has 2 unspecified atom stereocenters. The van der Waals surface area contributed by atoms with E-state index >= 15 is 0 Å². The van der Waals surface area contributed by atoms with E-state index in [4.69, 9.17) is 4.98 Å². The molecule has 0 amide bonds. The molecule has 2 saturated heterocycles. The zero-order valence-electron chi connectivity index (χ0n) is 14.2. The summed E-state index contributed by atoms with van der Waals surface area (Å²) in [5.74, 6) is 1.78. The fourth-order valence-corrected chi connectivity index (χ4v) is 4.07. The summed E-state index contributed by atoms with van der Waals surface area (Å²) in [6.07, 6.45) is 5.64. The fourth-order valence-electron chi connectivity index (χ4n) is 4.07. The van der Waals surface area contributed by atoms with E-state index in [1.165, 1.54) is 31.6 Å². The maximum Gasteiger partial charge on any atom is 0.160 e. The van der Waals surface area contributed by atoms with Crippen molar-refractivity contribution in [3.05, 3.63) is 24.2 Å². The highest BCUT2D eigenvalue weighted by Crippen LogP contribution is 2.30. The quantitative estimate of drug-likeness (QED) is 0.941. The minimum absolute atomic E-state index is 0.535. The average molecular weight is 313 g/mol. The van der Waals surface area contributed by atoms with Gasteiger partial charge in [-0.1, -0.05) is 0 Å². The van der Waals surface area contributed by atoms with Crippen molar-refractivity contribution in [1.29, 1.82) is 0 Å². The summed E-state index contributed by atoms with van der Waals surface area (Å²) < 4.78 is 2.40. The number of aromatic nitrogens is 3. The van der Waals surface area contributed by atoms with Crippen LogP contribution < -0.4 is 5.32 Å². The van der Waals surface area contributed by atoms with Crippen LogP contribution in [0.2, 0.25) is 0 Å². The first-order chi connectivity index (χ1) is 11.2. The number of hydrogen-bond donors (Lipinski definition) is 1. The van der Waals surface area contributed by atoms with Crippen molar-refractivity contribution in [1.82, 2.24) is 24.8 Å². The maximum absolute atomic E-state index is 4.98. The van der Waals surface area contributed by atoms with Gasteiger partial charge in [0.2, 0.25) is 0 Å². The highest BCUT2D eigenvalue weighted by Gasteiger charge is 2.30. The summed E-state index contributed by atoms with van der Waals surface area (Å²) in [7, 11) is 0. The molecule has 0 spiro atoms. The van der Waals surface area contributed by atoms with Crippen molar-refractivity contribution in [2.24, 2.45) is 0 Å². The third-order valence-electron chi connectivity index (χ3n) is 5.41. The molecule has 0 aromatic carbocycles. The first kappa shape index (κ1) is 15.1. The molecule has 4 rings (SSSR count). The Morgan fingerprint density at radius 3 is 3.00 bits per heavy atom. The summed E-state index contributed by atoms with van der Waals surface area (Å²) >= 11 is 0. The Bertz CT molecular complexity index is 671. The molecule has 2 aromatic rings. The Morgan fingerprint density at radius 1 is 1.35 bits per heavy atom. The molecule has 2 atom stereocenters. The largest absolute Gasteiger partial charge is 0.312 e. The summed E-state index contributed by atoms with van der Waals surface area (Å²) in [4.78, 5) is 12.2. The SMILES string of the molecule is CC(C)N1CCC(c2nc3cccnc3n2CC2CCCN2)C1. The molecule has 2 fully saturated rings. The molecule has 5 heteroatoms. The van der Waals surface area contributed by atoms with Gasteiger partial charge in [-0.3, -0.25) is 0 Å². The predicted molar refractivity (Wildman–Crippen MR) is 92.6 cm³/mol. The lowest BCUT2D eigenvalue weighted by atomic mass is 10.1. The lowest BCUT2D eigenvalue weighted by molar-refractivity contribution is 0.271. The number of rotatable bonds is 4. The molecular weight excluding hydrogens is 286 g/mol. The summed E-state index contributed by atoms with van der Waals surface area (Å²) in [6.45, 7) is 9.02. The van der Waals surface area contributed by atoms with Crippen molar-refractivity contribution < 1.29 is 0 Å². The minimum Gasteiger partial charge on any atom is -0.312 e. The molecule has 0 saturated carbocycles. The van der Waals surface area contributed by atoms with Crippen LogP contribution in [0.3, 0.4) is 0 Å². The molecule has 2 aromatic heterocycles.